The van der Waals surface area contributed by atoms with Gasteiger partial charge in [-0.3, -0.25) is 4.79 Å². The first-order chi connectivity index (χ1) is 14.6. The molecule has 0 radical (unpaired) electrons. The van der Waals surface area contributed by atoms with Crippen LogP contribution in [-0.4, -0.2) is 31.7 Å². The Hall–Kier alpha value is -1.25. The van der Waals surface area contributed by atoms with Crippen molar-refractivity contribution in [2.24, 2.45) is 10.2 Å². The van der Waals surface area contributed by atoms with E-state index in [9.17, 15) is 30.7 Å². The van der Waals surface area contributed by atoms with Crippen LogP contribution in [-0.2, 0) is 20.2 Å². The van der Waals surface area contributed by atoms with Crippen LogP contribution in [0.3, 0.4) is 0 Å². The Balaban J connectivity index is 0.00000193. The second-order valence-electron chi connectivity index (χ2n) is 6.66. The zero-order valence-corrected chi connectivity index (χ0v) is 23.1. The van der Waals surface area contributed by atoms with Crippen molar-refractivity contribution < 1.29 is 89.9 Å². The van der Waals surface area contributed by atoms with E-state index >= 15 is 0 Å². The molecule has 0 fully saturated rings. The number of carbonyl (C=O) groups excluding carboxylic acids is 1. The molecule has 0 bridgehead atoms. The summed E-state index contributed by atoms with van der Waals surface area (Å²) in [5, 5.41) is 6.63. The van der Waals surface area contributed by atoms with Crippen LogP contribution >= 0.6 is 0 Å². The summed E-state index contributed by atoms with van der Waals surface area (Å²) in [5.41, 5.74) is -0.0947. The third-order valence-corrected chi connectivity index (χ3v) is 6.67. The third-order valence-electron chi connectivity index (χ3n) is 4.76. The number of nitrogens with zero attached hydrogens (tertiary/aromatic N) is 2. The van der Waals surface area contributed by atoms with Crippen molar-refractivity contribution in [2.45, 2.75) is 10.1 Å². The Labute approximate surface area is 234 Å². The molecule has 3 aromatic rings. The molecule has 0 amide bonds. The zero-order chi connectivity index (χ0) is 22.4. The molecule has 9 nitrogen and oxygen atoms in total. The van der Waals surface area contributed by atoms with Crippen LogP contribution in [0.2, 0.25) is 0 Å². The van der Waals surface area contributed by atoms with Crippen LogP contribution in [0, 0.1) is 0 Å². The van der Waals surface area contributed by atoms with Gasteiger partial charge in [-0.25, -0.2) is 16.8 Å². The number of carbonyl (C=O) groups is 1. The van der Waals surface area contributed by atoms with Gasteiger partial charge in [-0.2, -0.15) is 0 Å². The van der Waals surface area contributed by atoms with E-state index in [-0.39, 0.29) is 87.0 Å². The summed E-state index contributed by atoms with van der Waals surface area (Å²) >= 11 is 0. The number of hydrogen-bond acceptors (Lipinski definition) is 9. The van der Waals surface area contributed by atoms with Crippen molar-refractivity contribution in [3.05, 3.63) is 83.6 Å². The van der Waals surface area contributed by atoms with Crippen molar-refractivity contribution in [1.82, 2.24) is 0 Å². The SMILES string of the molecule is O=C1C(N=Nc2ccc(S(=O)(=O)[O-])c3ccccc23)=CC(S(=O)(=O)[O-])c2ccccc21.[Na+].[Na+]. The molecule has 0 spiro atoms. The molecule has 1 atom stereocenters. The van der Waals surface area contributed by atoms with E-state index in [1.807, 2.05) is 0 Å². The largest absolute Gasteiger partial charge is 1.00 e. The Kier molecular flexibility index (Phi) is 8.96. The molecule has 0 saturated heterocycles. The van der Waals surface area contributed by atoms with Gasteiger partial charge in [-0.05, 0) is 23.8 Å². The Bertz CT molecular complexity index is 1520. The van der Waals surface area contributed by atoms with E-state index in [1.54, 1.807) is 12.1 Å². The minimum absolute atomic E-state index is 0. The molecule has 1 unspecified atom stereocenters. The molecule has 0 heterocycles. The number of hydrogen-bond donors (Lipinski definition) is 0. The van der Waals surface area contributed by atoms with Gasteiger partial charge in [0, 0.05) is 16.3 Å². The normalized spacial score (nSPS) is 16.0. The van der Waals surface area contributed by atoms with E-state index in [0.29, 0.717) is 5.39 Å². The number of allylic oxidation sites excluding steroid dienone is 1. The van der Waals surface area contributed by atoms with Crippen LogP contribution < -0.4 is 59.1 Å². The van der Waals surface area contributed by atoms with Gasteiger partial charge < -0.3 is 9.11 Å². The average molecular weight is 502 g/mol. The zero-order valence-electron chi connectivity index (χ0n) is 17.5. The Morgan fingerprint density at radius 3 is 2.00 bits per heavy atom. The maximum Gasteiger partial charge on any atom is 1.00 e. The maximum absolute atomic E-state index is 12.7. The number of rotatable bonds is 4. The van der Waals surface area contributed by atoms with Gasteiger partial charge in [0.05, 0.1) is 15.8 Å². The van der Waals surface area contributed by atoms with Crippen molar-refractivity contribution in [3.63, 3.8) is 0 Å². The minimum Gasteiger partial charge on any atom is -0.747 e. The van der Waals surface area contributed by atoms with Gasteiger partial charge in [0.1, 0.15) is 25.9 Å². The van der Waals surface area contributed by atoms with E-state index in [0.717, 1.165) is 12.1 Å². The molecular formula is C20H12N2Na2O7S2. The fraction of sp³-hybridized carbons (Fsp3) is 0.0500. The number of benzene rings is 3. The molecule has 158 valence electrons. The summed E-state index contributed by atoms with van der Waals surface area (Å²) in [6, 6.07) is 14.3. The molecule has 0 N–H and O–H groups in total. The van der Waals surface area contributed by atoms with Crippen LogP contribution in [0.15, 0.2) is 87.6 Å². The number of fused-ring (bicyclic) bond motifs is 2. The first kappa shape index (κ1) is 28.0. The fourth-order valence-electron chi connectivity index (χ4n) is 3.38. The second kappa shape index (κ2) is 10.6. The number of ketones is 1. The summed E-state index contributed by atoms with van der Waals surface area (Å²) in [7, 11) is -9.55. The molecule has 0 aliphatic heterocycles. The van der Waals surface area contributed by atoms with Crippen LogP contribution in [0.25, 0.3) is 10.8 Å². The summed E-state index contributed by atoms with van der Waals surface area (Å²) in [5.74, 6) is -0.609. The topological polar surface area (TPSA) is 156 Å². The van der Waals surface area contributed by atoms with Crippen molar-refractivity contribution >= 4 is 42.5 Å². The molecular weight excluding hydrogens is 490 g/mol. The van der Waals surface area contributed by atoms with Crippen LogP contribution in [0.1, 0.15) is 21.2 Å². The monoisotopic (exact) mass is 502 g/mol. The van der Waals surface area contributed by atoms with E-state index in [2.05, 4.69) is 10.2 Å². The fourth-order valence-corrected chi connectivity index (χ4v) is 4.88. The van der Waals surface area contributed by atoms with Gasteiger partial charge in [-0.1, -0.05) is 48.5 Å². The van der Waals surface area contributed by atoms with Gasteiger partial charge in [0.25, 0.3) is 0 Å². The van der Waals surface area contributed by atoms with Crippen molar-refractivity contribution in [1.29, 1.82) is 0 Å². The third kappa shape index (κ3) is 5.70. The van der Waals surface area contributed by atoms with Gasteiger partial charge in [0.15, 0.2) is 0 Å². The summed E-state index contributed by atoms with van der Waals surface area (Å²) in [4.78, 5) is 12.3. The molecule has 13 heteroatoms. The van der Waals surface area contributed by atoms with Gasteiger partial charge in [-0.15, -0.1) is 10.2 Å². The first-order valence-corrected chi connectivity index (χ1v) is 11.6. The molecule has 0 saturated carbocycles. The number of Topliss-reactive ketones (excluding diaryl/α,β-unsaturated/α-hetero) is 1. The van der Waals surface area contributed by atoms with E-state index in [1.165, 1.54) is 42.5 Å². The number of azo groups is 1. The minimum atomic E-state index is -4.82. The smallest absolute Gasteiger partial charge is 0.747 e. The first-order valence-electron chi connectivity index (χ1n) is 8.77. The van der Waals surface area contributed by atoms with Gasteiger partial charge >= 0.3 is 59.1 Å². The maximum atomic E-state index is 12.7. The summed E-state index contributed by atoms with van der Waals surface area (Å²) in [6.45, 7) is 0. The molecule has 4 rings (SSSR count). The second-order valence-corrected chi connectivity index (χ2v) is 9.51. The van der Waals surface area contributed by atoms with Gasteiger partial charge in [0.2, 0.25) is 5.78 Å². The molecule has 0 aromatic heterocycles. The predicted octanol–water partition coefficient (Wildman–Crippen LogP) is -2.80. The van der Waals surface area contributed by atoms with Crippen LogP contribution in [0.4, 0.5) is 5.69 Å². The van der Waals surface area contributed by atoms with Crippen molar-refractivity contribution in [2.75, 3.05) is 0 Å². The Morgan fingerprint density at radius 1 is 0.758 bits per heavy atom. The van der Waals surface area contributed by atoms with Crippen molar-refractivity contribution in [3.8, 4) is 0 Å². The van der Waals surface area contributed by atoms with Crippen LogP contribution in [0.5, 0.6) is 0 Å². The molecule has 33 heavy (non-hydrogen) atoms. The average Bonchev–Trinajstić information content (AvgIpc) is 2.71. The summed E-state index contributed by atoms with van der Waals surface area (Å²) in [6.07, 6.45) is 0.940. The molecule has 1 aliphatic rings. The Morgan fingerprint density at radius 2 is 1.36 bits per heavy atom. The predicted molar refractivity (Wildman–Crippen MR) is 108 cm³/mol. The quantitative estimate of drug-likeness (QED) is 0.212. The van der Waals surface area contributed by atoms with E-state index < -0.39 is 36.2 Å². The van der Waals surface area contributed by atoms with E-state index in [4.69, 9.17) is 0 Å². The molecule has 3 aromatic carbocycles. The standard InChI is InChI=1S/C20H14N2O7S2.2Na/c23-20-15-8-4-3-7-14(15)19(31(27,28)29)11-17(20)22-21-16-9-10-18(30(24,25)26)13-6-2-1-5-12(13)16;;/h1-11,19H,(H,24,25,26)(H,27,28,29);;/q;2*+1/p-2. The summed E-state index contributed by atoms with van der Waals surface area (Å²) < 4.78 is 69.6. The molecule has 1 aliphatic carbocycles.